The Morgan fingerprint density at radius 2 is 2.37 bits per heavy atom. The number of rotatable bonds is 2. The topological polar surface area (TPSA) is 67.2 Å². The lowest BCUT2D eigenvalue weighted by Crippen LogP contribution is -2.23. The molecule has 0 saturated carbocycles. The highest BCUT2D eigenvalue weighted by Gasteiger charge is 2.24. The second-order valence-electron chi connectivity index (χ2n) is 4.81. The third-order valence-corrected chi connectivity index (χ3v) is 3.41. The molecule has 1 aromatic carbocycles. The van der Waals surface area contributed by atoms with Gasteiger partial charge in [0.1, 0.15) is 0 Å². The highest BCUT2D eigenvalue weighted by Crippen LogP contribution is 2.30. The Hall–Kier alpha value is -2.30. The average Bonchev–Trinajstić information content (AvgIpc) is 2.82. The Balaban J connectivity index is 2.04. The first kappa shape index (κ1) is 11.8. The van der Waals surface area contributed by atoms with E-state index in [2.05, 4.69) is 35.4 Å². The summed E-state index contributed by atoms with van der Waals surface area (Å²) in [5.41, 5.74) is 2.48. The second kappa shape index (κ2) is 4.42. The normalized spacial score (nSPS) is 17.6. The Morgan fingerprint density at radius 3 is 3.11 bits per heavy atom. The number of carbonyl (C=O) groups is 1. The third-order valence-electron chi connectivity index (χ3n) is 3.41. The van der Waals surface area contributed by atoms with E-state index in [1.165, 1.54) is 11.1 Å². The second-order valence-corrected chi connectivity index (χ2v) is 4.81. The van der Waals surface area contributed by atoms with Crippen molar-refractivity contribution in [1.82, 2.24) is 9.55 Å². The van der Waals surface area contributed by atoms with Gasteiger partial charge in [0.15, 0.2) is 5.69 Å². The number of hydrogen-bond acceptors (Lipinski definition) is 3. The summed E-state index contributed by atoms with van der Waals surface area (Å²) in [6.45, 7) is 2.86. The zero-order valence-electron chi connectivity index (χ0n) is 10.6. The molecule has 0 fully saturated rings. The molecule has 1 unspecified atom stereocenters. The largest absolute Gasteiger partial charge is 0.476 e. The summed E-state index contributed by atoms with van der Waals surface area (Å²) in [7, 11) is 0. The Kier molecular flexibility index (Phi) is 2.74. The molecular formula is C14H15N3O2. The van der Waals surface area contributed by atoms with Gasteiger partial charge in [-0.2, -0.15) is 0 Å². The molecule has 0 aliphatic carbocycles. The van der Waals surface area contributed by atoms with Crippen molar-refractivity contribution in [1.29, 1.82) is 0 Å². The summed E-state index contributed by atoms with van der Waals surface area (Å²) >= 11 is 0. The molecule has 0 radical (unpaired) electrons. The highest BCUT2D eigenvalue weighted by molar-refractivity contribution is 5.85. The van der Waals surface area contributed by atoms with E-state index < -0.39 is 5.97 Å². The zero-order chi connectivity index (χ0) is 13.4. The van der Waals surface area contributed by atoms with Crippen LogP contribution in [0.3, 0.4) is 0 Å². The van der Waals surface area contributed by atoms with Crippen molar-refractivity contribution in [3.63, 3.8) is 0 Å². The Bertz CT molecular complexity index is 633. The van der Waals surface area contributed by atoms with Gasteiger partial charge < -0.3 is 15.0 Å². The minimum atomic E-state index is -0.994. The molecule has 3 rings (SSSR count). The SMILES string of the molecule is Cc1cccc(C2CCNc3nc(C(=O)O)cn32)c1. The van der Waals surface area contributed by atoms with Crippen LogP contribution in [-0.2, 0) is 0 Å². The zero-order valence-corrected chi connectivity index (χ0v) is 10.6. The average molecular weight is 257 g/mol. The monoisotopic (exact) mass is 257 g/mol. The molecule has 0 amide bonds. The molecule has 2 heterocycles. The van der Waals surface area contributed by atoms with Crippen LogP contribution in [0.5, 0.6) is 0 Å². The summed E-state index contributed by atoms with van der Waals surface area (Å²) < 4.78 is 1.92. The van der Waals surface area contributed by atoms with Crippen LogP contribution in [0.2, 0.25) is 0 Å². The third kappa shape index (κ3) is 2.07. The van der Waals surface area contributed by atoms with Gasteiger partial charge in [-0.15, -0.1) is 0 Å². The summed E-state index contributed by atoms with van der Waals surface area (Å²) in [5.74, 6) is -0.359. The number of nitrogens with zero attached hydrogens (tertiary/aromatic N) is 2. The van der Waals surface area contributed by atoms with Crippen LogP contribution < -0.4 is 5.32 Å². The van der Waals surface area contributed by atoms with Crippen molar-refractivity contribution in [2.45, 2.75) is 19.4 Å². The van der Waals surface area contributed by atoms with Crippen LogP contribution >= 0.6 is 0 Å². The number of aromatic carboxylic acids is 1. The van der Waals surface area contributed by atoms with Crippen LogP contribution in [0.4, 0.5) is 5.95 Å². The van der Waals surface area contributed by atoms with Crippen LogP contribution in [0, 0.1) is 6.92 Å². The van der Waals surface area contributed by atoms with Crippen molar-refractivity contribution in [3.8, 4) is 0 Å². The van der Waals surface area contributed by atoms with Gasteiger partial charge in [0.25, 0.3) is 0 Å². The number of carboxylic acid groups (broad SMARTS) is 1. The summed E-state index contributed by atoms with van der Waals surface area (Å²) in [4.78, 5) is 15.1. The number of aryl methyl sites for hydroxylation is 1. The fourth-order valence-corrected chi connectivity index (χ4v) is 2.53. The lowest BCUT2D eigenvalue weighted by atomic mass is 10.0. The van der Waals surface area contributed by atoms with E-state index in [9.17, 15) is 4.79 Å². The van der Waals surface area contributed by atoms with E-state index in [4.69, 9.17) is 5.11 Å². The van der Waals surface area contributed by atoms with Gasteiger partial charge in [-0.1, -0.05) is 29.8 Å². The Morgan fingerprint density at radius 1 is 1.53 bits per heavy atom. The van der Waals surface area contributed by atoms with Crippen LogP contribution in [-0.4, -0.2) is 27.2 Å². The van der Waals surface area contributed by atoms with Gasteiger partial charge in [0.05, 0.1) is 6.04 Å². The molecule has 1 aliphatic rings. The summed E-state index contributed by atoms with van der Waals surface area (Å²) in [6.07, 6.45) is 2.53. The molecule has 1 aliphatic heterocycles. The van der Waals surface area contributed by atoms with E-state index >= 15 is 0 Å². The van der Waals surface area contributed by atoms with E-state index in [-0.39, 0.29) is 11.7 Å². The van der Waals surface area contributed by atoms with E-state index in [1.807, 2.05) is 10.6 Å². The number of aromatic nitrogens is 2. The van der Waals surface area contributed by atoms with Crippen LogP contribution in [0.25, 0.3) is 0 Å². The predicted molar refractivity (Wildman–Crippen MR) is 71.6 cm³/mol. The molecule has 98 valence electrons. The van der Waals surface area contributed by atoms with Gasteiger partial charge in [-0.05, 0) is 18.9 Å². The Labute approximate surface area is 110 Å². The minimum Gasteiger partial charge on any atom is -0.476 e. The number of nitrogens with one attached hydrogen (secondary N) is 1. The van der Waals surface area contributed by atoms with Gasteiger partial charge in [0, 0.05) is 12.7 Å². The smallest absolute Gasteiger partial charge is 0.356 e. The van der Waals surface area contributed by atoms with E-state index in [0.717, 1.165) is 13.0 Å². The van der Waals surface area contributed by atoms with Gasteiger partial charge in [0.2, 0.25) is 5.95 Å². The molecule has 0 bridgehead atoms. The highest BCUT2D eigenvalue weighted by atomic mass is 16.4. The van der Waals surface area contributed by atoms with Gasteiger partial charge in [-0.3, -0.25) is 0 Å². The first-order valence-electron chi connectivity index (χ1n) is 6.28. The molecule has 1 atom stereocenters. The van der Waals surface area contributed by atoms with Gasteiger partial charge in [-0.25, -0.2) is 9.78 Å². The molecule has 1 aromatic heterocycles. The number of fused-ring (bicyclic) bond motifs is 1. The minimum absolute atomic E-state index is 0.0852. The number of anilines is 1. The number of carboxylic acids is 1. The maximum absolute atomic E-state index is 11.0. The maximum Gasteiger partial charge on any atom is 0.356 e. The first-order valence-corrected chi connectivity index (χ1v) is 6.28. The van der Waals surface area contributed by atoms with E-state index in [0.29, 0.717) is 5.95 Å². The van der Waals surface area contributed by atoms with Crippen molar-refractivity contribution in [2.24, 2.45) is 0 Å². The van der Waals surface area contributed by atoms with Crippen molar-refractivity contribution in [3.05, 3.63) is 47.3 Å². The van der Waals surface area contributed by atoms with Crippen LogP contribution in [0.15, 0.2) is 30.5 Å². The van der Waals surface area contributed by atoms with Crippen molar-refractivity contribution >= 4 is 11.9 Å². The molecule has 0 saturated heterocycles. The molecule has 2 aromatic rings. The van der Waals surface area contributed by atoms with Crippen molar-refractivity contribution in [2.75, 3.05) is 11.9 Å². The summed E-state index contributed by atoms with van der Waals surface area (Å²) in [6, 6.07) is 8.45. The lowest BCUT2D eigenvalue weighted by Gasteiger charge is -2.26. The fraction of sp³-hybridized carbons (Fsp3) is 0.286. The van der Waals surface area contributed by atoms with Gasteiger partial charge >= 0.3 is 5.97 Å². The number of imidazole rings is 1. The molecule has 19 heavy (non-hydrogen) atoms. The van der Waals surface area contributed by atoms with Crippen molar-refractivity contribution < 1.29 is 9.90 Å². The lowest BCUT2D eigenvalue weighted by molar-refractivity contribution is 0.0691. The summed E-state index contributed by atoms with van der Waals surface area (Å²) in [5, 5.41) is 12.2. The van der Waals surface area contributed by atoms with E-state index in [1.54, 1.807) is 6.20 Å². The maximum atomic E-state index is 11.0. The molecular weight excluding hydrogens is 242 g/mol. The fourth-order valence-electron chi connectivity index (χ4n) is 2.53. The number of hydrogen-bond donors (Lipinski definition) is 2. The predicted octanol–water partition coefficient (Wildman–Crippen LogP) is 2.29. The molecule has 2 N–H and O–H groups in total. The molecule has 5 heteroatoms. The first-order chi connectivity index (χ1) is 9.15. The van der Waals surface area contributed by atoms with Crippen LogP contribution in [0.1, 0.15) is 34.1 Å². The quantitative estimate of drug-likeness (QED) is 0.866. The number of benzene rings is 1. The molecule has 5 nitrogen and oxygen atoms in total. The molecule has 0 spiro atoms. The standard InChI is InChI=1S/C14H15N3O2/c1-9-3-2-4-10(7-9)12-5-6-15-14-16-11(13(18)19)8-17(12)14/h2-4,7-8,12H,5-6H2,1H3,(H,15,16)(H,18,19).